The van der Waals surface area contributed by atoms with E-state index in [9.17, 15) is 22.8 Å². The molecule has 0 saturated carbocycles. The van der Waals surface area contributed by atoms with Crippen LogP contribution in [-0.2, 0) is 29.8 Å². The van der Waals surface area contributed by atoms with Crippen LogP contribution < -0.4 is 10.2 Å². The Bertz CT molecular complexity index is 1220. The van der Waals surface area contributed by atoms with E-state index in [0.29, 0.717) is 16.9 Å². The van der Waals surface area contributed by atoms with E-state index in [1.54, 1.807) is 52.1 Å². The number of sulfonamides is 1. The Morgan fingerprint density at radius 1 is 1.15 bits per heavy atom. The van der Waals surface area contributed by atoms with Crippen LogP contribution in [0.1, 0.15) is 36.7 Å². The number of likely N-dealkylation sites (N-methyl/N-ethyl adjacent to an activating group) is 2. The summed E-state index contributed by atoms with van der Waals surface area (Å²) in [6, 6.07) is 10.7. The first-order chi connectivity index (χ1) is 15.4. The largest absolute Gasteiger partial charge is 0.462 e. The van der Waals surface area contributed by atoms with Crippen LogP contribution in [0.4, 0.5) is 11.4 Å². The van der Waals surface area contributed by atoms with E-state index in [2.05, 4.69) is 5.32 Å². The van der Waals surface area contributed by atoms with Crippen molar-refractivity contribution in [3.05, 3.63) is 53.6 Å². The fourth-order valence-corrected chi connectivity index (χ4v) is 4.87. The number of amides is 2. The highest BCUT2D eigenvalue weighted by Gasteiger charge is 2.43. The summed E-state index contributed by atoms with van der Waals surface area (Å²) in [5.74, 6) is -1.21. The van der Waals surface area contributed by atoms with Crippen LogP contribution in [0, 0.1) is 0 Å². The molecule has 0 unspecified atom stereocenters. The van der Waals surface area contributed by atoms with Crippen LogP contribution in [-0.4, -0.2) is 57.8 Å². The number of ether oxygens (including phenoxy) is 1. The summed E-state index contributed by atoms with van der Waals surface area (Å²) in [5.41, 5.74) is 1.04. The van der Waals surface area contributed by atoms with Crippen molar-refractivity contribution in [2.75, 3.05) is 37.5 Å². The summed E-state index contributed by atoms with van der Waals surface area (Å²) in [7, 11) is -1.04. The summed E-state index contributed by atoms with van der Waals surface area (Å²) in [6.45, 7) is 4.97. The fraction of sp³-hybridized carbons (Fsp3) is 0.348. The molecule has 33 heavy (non-hydrogen) atoms. The van der Waals surface area contributed by atoms with E-state index in [-0.39, 0.29) is 23.0 Å². The molecule has 1 heterocycles. The molecular formula is C23H27N3O6S. The maximum Gasteiger partial charge on any atom is 0.338 e. The van der Waals surface area contributed by atoms with Crippen LogP contribution in [0.15, 0.2) is 47.4 Å². The number of benzene rings is 2. The predicted molar refractivity (Wildman–Crippen MR) is 124 cm³/mol. The molecule has 1 aliphatic heterocycles. The third-order valence-corrected chi connectivity index (χ3v) is 7.37. The smallest absolute Gasteiger partial charge is 0.338 e. The number of carbonyl (C=O) groups excluding carboxylic acids is 3. The van der Waals surface area contributed by atoms with E-state index in [1.165, 1.54) is 30.1 Å². The lowest BCUT2D eigenvalue weighted by Crippen LogP contribution is -2.35. The Labute approximate surface area is 193 Å². The fourth-order valence-electron chi connectivity index (χ4n) is 3.72. The van der Waals surface area contributed by atoms with Gasteiger partial charge in [-0.2, -0.15) is 4.31 Å². The third kappa shape index (κ3) is 4.62. The van der Waals surface area contributed by atoms with Crippen molar-refractivity contribution in [2.45, 2.75) is 31.1 Å². The lowest BCUT2D eigenvalue weighted by Gasteiger charge is -2.19. The normalized spacial score (nSPS) is 14.8. The number of hydrogen-bond donors (Lipinski definition) is 1. The molecule has 1 aliphatic rings. The van der Waals surface area contributed by atoms with Gasteiger partial charge in [-0.05, 0) is 62.7 Å². The summed E-state index contributed by atoms with van der Waals surface area (Å²) in [6.07, 6.45) is 0. The highest BCUT2D eigenvalue weighted by Crippen LogP contribution is 2.41. The maximum atomic E-state index is 13.1. The van der Waals surface area contributed by atoms with Crippen LogP contribution in [0.5, 0.6) is 0 Å². The van der Waals surface area contributed by atoms with E-state index in [0.717, 1.165) is 4.31 Å². The molecular weight excluding hydrogens is 446 g/mol. The van der Waals surface area contributed by atoms with Crippen LogP contribution in [0.2, 0.25) is 0 Å². The van der Waals surface area contributed by atoms with Crippen molar-refractivity contribution < 1.29 is 27.5 Å². The van der Waals surface area contributed by atoms with E-state index >= 15 is 0 Å². The number of nitrogens with one attached hydrogen (secondary N) is 1. The molecule has 0 aromatic heterocycles. The molecule has 3 rings (SSSR count). The Hall–Kier alpha value is -3.24. The topological polar surface area (TPSA) is 113 Å². The third-order valence-electron chi connectivity index (χ3n) is 5.57. The van der Waals surface area contributed by atoms with Gasteiger partial charge in [0.2, 0.25) is 21.8 Å². The quantitative estimate of drug-likeness (QED) is 0.618. The SMILES string of the molecule is CCOC(=O)c1cccc(NC(=O)CN(C)S(=O)(=O)c2ccc3c(c2)C(C)(C)C(=O)N3C)c1. The number of nitrogens with zero attached hydrogens (tertiary/aromatic N) is 2. The Balaban J connectivity index is 1.76. The molecule has 0 aliphatic carbocycles. The Kier molecular flexibility index (Phi) is 6.62. The molecule has 0 saturated heterocycles. The van der Waals surface area contributed by atoms with Gasteiger partial charge in [0.15, 0.2) is 0 Å². The monoisotopic (exact) mass is 473 g/mol. The highest BCUT2D eigenvalue weighted by atomic mass is 32.2. The maximum absolute atomic E-state index is 13.1. The van der Waals surface area contributed by atoms with Gasteiger partial charge in [-0.15, -0.1) is 0 Å². The average molecular weight is 474 g/mol. The van der Waals surface area contributed by atoms with Gasteiger partial charge in [-0.3, -0.25) is 9.59 Å². The Morgan fingerprint density at radius 3 is 2.52 bits per heavy atom. The second-order valence-corrected chi connectivity index (χ2v) is 10.3. The standard InChI is InChI=1S/C23H27N3O6S/c1-6-32-21(28)15-8-7-9-16(12-15)24-20(27)14-25(4)33(30,31)17-10-11-19-18(13-17)23(2,3)22(29)26(19)5/h7-13H,6,14H2,1-5H3,(H,24,27). The van der Waals surface area contributed by atoms with Gasteiger partial charge < -0.3 is 15.0 Å². The zero-order chi connectivity index (χ0) is 24.6. The molecule has 1 N–H and O–H groups in total. The summed E-state index contributed by atoms with van der Waals surface area (Å²) >= 11 is 0. The van der Waals surface area contributed by atoms with Gasteiger partial charge in [-0.1, -0.05) is 6.07 Å². The van der Waals surface area contributed by atoms with Crippen molar-refractivity contribution in [2.24, 2.45) is 0 Å². The average Bonchev–Trinajstić information content (AvgIpc) is 2.93. The van der Waals surface area contributed by atoms with E-state index < -0.39 is 33.9 Å². The van der Waals surface area contributed by atoms with Crippen LogP contribution in [0.3, 0.4) is 0 Å². The molecule has 9 nitrogen and oxygen atoms in total. The van der Waals surface area contributed by atoms with Crippen molar-refractivity contribution in [3.8, 4) is 0 Å². The minimum atomic E-state index is -3.99. The first-order valence-corrected chi connectivity index (χ1v) is 11.8. The van der Waals surface area contributed by atoms with Crippen LogP contribution in [0.25, 0.3) is 0 Å². The van der Waals surface area contributed by atoms with Crippen molar-refractivity contribution >= 4 is 39.2 Å². The second-order valence-electron chi connectivity index (χ2n) is 8.28. The van der Waals surface area contributed by atoms with Gasteiger partial charge in [0.1, 0.15) is 0 Å². The predicted octanol–water partition coefficient (Wildman–Crippen LogP) is 2.38. The number of anilines is 2. The van der Waals surface area contributed by atoms with Gasteiger partial charge in [0, 0.05) is 25.5 Å². The van der Waals surface area contributed by atoms with Gasteiger partial charge in [0.25, 0.3) is 0 Å². The van der Waals surface area contributed by atoms with Crippen LogP contribution >= 0.6 is 0 Å². The van der Waals surface area contributed by atoms with E-state index in [1.807, 2.05) is 0 Å². The minimum absolute atomic E-state index is 0.00275. The molecule has 176 valence electrons. The highest BCUT2D eigenvalue weighted by molar-refractivity contribution is 7.89. The summed E-state index contributed by atoms with van der Waals surface area (Å²) < 4.78 is 32.1. The molecule has 0 atom stereocenters. The minimum Gasteiger partial charge on any atom is -0.462 e. The number of fused-ring (bicyclic) bond motifs is 1. The number of hydrogen-bond acceptors (Lipinski definition) is 6. The Morgan fingerprint density at radius 2 is 1.85 bits per heavy atom. The molecule has 10 heteroatoms. The molecule has 2 amide bonds. The first kappa shape index (κ1) is 24.4. The van der Waals surface area contributed by atoms with E-state index in [4.69, 9.17) is 4.74 Å². The van der Waals surface area contributed by atoms with Crippen molar-refractivity contribution in [3.63, 3.8) is 0 Å². The number of carbonyl (C=O) groups is 3. The first-order valence-electron chi connectivity index (χ1n) is 10.4. The molecule has 0 fully saturated rings. The zero-order valence-corrected chi connectivity index (χ0v) is 20.0. The summed E-state index contributed by atoms with van der Waals surface area (Å²) in [4.78, 5) is 38.4. The number of rotatable bonds is 7. The summed E-state index contributed by atoms with van der Waals surface area (Å²) in [5, 5.41) is 2.60. The van der Waals surface area contributed by atoms with Gasteiger partial charge in [-0.25, -0.2) is 13.2 Å². The molecule has 2 aromatic carbocycles. The van der Waals surface area contributed by atoms with Crippen molar-refractivity contribution in [1.29, 1.82) is 0 Å². The van der Waals surface area contributed by atoms with Gasteiger partial charge in [0.05, 0.1) is 29.0 Å². The second kappa shape index (κ2) is 8.95. The molecule has 0 bridgehead atoms. The zero-order valence-electron chi connectivity index (χ0n) is 19.2. The molecule has 0 radical (unpaired) electrons. The lowest BCUT2D eigenvalue weighted by molar-refractivity contribution is -0.121. The molecule has 0 spiro atoms. The molecule has 2 aromatic rings. The number of esters is 1. The van der Waals surface area contributed by atoms with Gasteiger partial charge >= 0.3 is 5.97 Å². The lowest BCUT2D eigenvalue weighted by atomic mass is 9.86. The van der Waals surface area contributed by atoms with Crippen molar-refractivity contribution in [1.82, 2.24) is 4.31 Å².